The van der Waals surface area contributed by atoms with Crippen LogP contribution in [0.25, 0.3) is 0 Å². The molecule has 1 aliphatic rings. The standard InChI is InChI=1S/C10H15IN4/c1-7-6-15(8(2)3-12-7)10-13-4-9(11)5-14-10/h4-5,7-8,12H,3,6H2,1-2H3. The SMILES string of the molecule is CC1CN(c2ncc(I)cn2)C(C)CN1. The van der Waals surface area contributed by atoms with Gasteiger partial charge in [0.1, 0.15) is 0 Å². The van der Waals surface area contributed by atoms with Gasteiger partial charge in [-0.2, -0.15) is 0 Å². The highest BCUT2D eigenvalue weighted by atomic mass is 127. The summed E-state index contributed by atoms with van der Waals surface area (Å²) in [5, 5.41) is 3.44. The molecule has 1 aromatic rings. The molecule has 0 aliphatic carbocycles. The lowest BCUT2D eigenvalue weighted by Crippen LogP contribution is -2.55. The zero-order chi connectivity index (χ0) is 10.8. The Balaban J connectivity index is 2.17. The van der Waals surface area contributed by atoms with E-state index in [4.69, 9.17) is 0 Å². The Hall–Kier alpha value is -0.430. The Morgan fingerprint density at radius 2 is 2.07 bits per heavy atom. The summed E-state index contributed by atoms with van der Waals surface area (Å²) >= 11 is 2.22. The summed E-state index contributed by atoms with van der Waals surface area (Å²) < 4.78 is 1.08. The number of halogens is 1. The second kappa shape index (κ2) is 4.61. The first-order chi connectivity index (χ1) is 7.16. The second-order valence-corrected chi connectivity index (χ2v) is 5.26. The van der Waals surface area contributed by atoms with Gasteiger partial charge in [0.2, 0.25) is 5.95 Å². The highest BCUT2D eigenvalue weighted by Gasteiger charge is 2.23. The van der Waals surface area contributed by atoms with Crippen molar-refractivity contribution < 1.29 is 0 Å². The quantitative estimate of drug-likeness (QED) is 0.792. The molecule has 2 atom stereocenters. The normalized spacial score (nSPS) is 26.7. The van der Waals surface area contributed by atoms with Crippen LogP contribution in [0.1, 0.15) is 13.8 Å². The number of aromatic nitrogens is 2. The maximum Gasteiger partial charge on any atom is 0.225 e. The smallest absolute Gasteiger partial charge is 0.225 e. The topological polar surface area (TPSA) is 41.1 Å². The largest absolute Gasteiger partial charge is 0.335 e. The monoisotopic (exact) mass is 318 g/mol. The van der Waals surface area contributed by atoms with Crippen molar-refractivity contribution >= 4 is 28.5 Å². The average molecular weight is 318 g/mol. The maximum atomic E-state index is 4.37. The van der Waals surface area contributed by atoms with Crippen LogP contribution in [0.3, 0.4) is 0 Å². The summed E-state index contributed by atoms with van der Waals surface area (Å²) in [6.45, 7) is 6.35. The molecule has 1 aromatic heterocycles. The number of nitrogens with one attached hydrogen (secondary N) is 1. The number of hydrogen-bond donors (Lipinski definition) is 1. The minimum absolute atomic E-state index is 0.460. The summed E-state index contributed by atoms with van der Waals surface area (Å²) in [4.78, 5) is 11.0. The Morgan fingerprint density at radius 3 is 2.73 bits per heavy atom. The van der Waals surface area contributed by atoms with Crippen LogP contribution in [0.5, 0.6) is 0 Å². The van der Waals surface area contributed by atoms with Gasteiger partial charge in [-0.3, -0.25) is 0 Å². The summed E-state index contributed by atoms with van der Waals surface area (Å²) in [6.07, 6.45) is 3.73. The first-order valence-electron chi connectivity index (χ1n) is 5.14. The third-order valence-corrected chi connectivity index (χ3v) is 3.18. The first kappa shape index (κ1) is 11.1. The van der Waals surface area contributed by atoms with Gasteiger partial charge in [-0.1, -0.05) is 0 Å². The molecule has 0 aromatic carbocycles. The fourth-order valence-corrected chi connectivity index (χ4v) is 2.03. The lowest BCUT2D eigenvalue weighted by Gasteiger charge is -2.37. The van der Waals surface area contributed by atoms with E-state index in [1.165, 1.54) is 0 Å². The number of nitrogens with zero attached hydrogens (tertiary/aromatic N) is 3. The van der Waals surface area contributed by atoms with E-state index in [1.807, 2.05) is 12.4 Å². The van der Waals surface area contributed by atoms with Crippen molar-refractivity contribution in [2.45, 2.75) is 25.9 Å². The van der Waals surface area contributed by atoms with Crippen LogP contribution in [0.4, 0.5) is 5.95 Å². The third-order valence-electron chi connectivity index (χ3n) is 2.63. The van der Waals surface area contributed by atoms with E-state index in [-0.39, 0.29) is 0 Å². The van der Waals surface area contributed by atoms with E-state index in [0.717, 1.165) is 22.6 Å². The van der Waals surface area contributed by atoms with Crippen molar-refractivity contribution in [1.29, 1.82) is 0 Å². The molecule has 15 heavy (non-hydrogen) atoms. The molecule has 1 fully saturated rings. The van der Waals surface area contributed by atoms with Gasteiger partial charge in [0.05, 0.1) is 0 Å². The summed E-state index contributed by atoms with van der Waals surface area (Å²) in [6, 6.07) is 0.963. The molecular weight excluding hydrogens is 303 g/mol. The van der Waals surface area contributed by atoms with E-state index in [1.54, 1.807) is 0 Å². The number of rotatable bonds is 1. The first-order valence-corrected chi connectivity index (χ1v) is 6.22. The predicted octanol–water partition coefficient (Wildman–Crippen LogP) is 1.27. The molecular formula is C10H15IN4. The fraction of sp³-hybridized carbons (Fsp3) is 0.600. The number of piperazine rings is 1. The highest BCUT2D eigenvalue weighted by Crippen LogP contribution is 2.15. The van der Waals surface area contributed by atoms with E-state index in [2.05, 4.69) is 56.6 Å². The predicted molar refractivity (Wildman–Crippen MR) is 69.0 cm³/mol. The summed E-state index contributed by atoms with van der Waals surface area (Å²) in [5.41, 5.74) is 0. The van der Waals surface area contributed by atoms with Crippen LogP contribution in [-0.2, 0) is 0 Å². The minimum atomic E-state index is 0.460. The van der Waals surface area contributed by atoms with E-state index < -0.39 is 0 Å². The fourth-order valence-electron chi connectivity index (χ4n) is 1.75. The average Bonchev–Trinajstić information content (AvgIpc) is 2.23. The van der Waals surface area contributed by atoms with E-state index >= 15 is 0 Å². The van der Waals surface area contributed by atoms with Gasteiger partial charge in [-0.05, 0) is 36.4 Å². The van der Waals surface area contributed by atoms with Crippen LogP contribution in [0, 0.1) is 3.57 Å². The van der Waals surface area contributed by atoms with Crippen LogP contribution in [0.15, 0.2) is 12.4 Å². The van der Waals surface area contributed by atoms with Crippen LogP contribution >= 0.6 is 22.6 Å². The highest BCUT2D eigenvalue weighted by molar-refractivity contribution is 14.1. The Bertz CT molecular complexity index is 327. The van der Waals surface area contributed by atoms with Gasteiger partial charge in [0.25, 0.3) is 0 Å². The van der Waals surface area contributed by atoms with Gasteiger partial charge in [-0.15, -0.1) is 0 Å². The molecule has 0 spiro atoms. The number of anilines is 1. The van der Waals surface area contributed by atoms with Gasteiger partial charge >= 0.3 is 0 Å². The van der Waals surface area contributed by atoms with E-state index in [0.29, 0.717) is 12.1 Å². The molecule has 2 heterocycles. The Kier molecular flexibility index (Phi) is 3.40. The van der Waals surface area contributed by atoms with Crippen molar-refractivity contribution in [1.82, 2.24) is 15.3 Å². The van der Waals surface area contributed by atoms with Crippen molar-refractivity contribution in [3.63, 3.8) is 0 Å². The molecule has 2 unspecified atom stereocenters. The van der Waals surface area contributed by atoms with E-state index in [9.17, 15) is 0 Å². The molecule has 0 radical (unpaired) electrons. The molecule has 0 saturated carbocycles. The molecule has 1 saturated heterocycles. The molecule has 4 nitrogen and oxygen atoms in total. The zero-order valence-electron chi connectivity index (χ0n) is 8.94. The van der Waals surface area contributed by atoms with Crippen molar-refractivity contribution in [2.24, 2.45) is 0 Å². The van der Waals surface area contributed by atoms with Crippen molar-refractivity contribution in [3.05, 3.63) is 16.0 Å². The molecule has 82 valence electrons. The maximum absolute atomic E-state index is 4.37. The molecule has 0 bridgehead atoms. The van der Waals surface area contributed by atoms with Crippen molar-refractivity contribution in [2.75, 3.05) is 18.0 Å². The Morgan fingerprint density at radius 1 is 1.40 bits per heavy atom. The third kappa shape index (κ3) is 2.57. The molecule has 2 rings (SSSR count). The zero-order valence-corrected chi connectivity index (χ0v) is 11.1. The van der Waals surface area contributed by atoms with Crippen LogP contribution in [0.2, 0.25) is 0 Å². The molecule has 1 aliphatic heterocycles. The minimum Gasteiger partial charge on any atom is -0.335 e. The number of hydrogen-bond acceptors (Lipinski definition) is 4. The molecule has 1 N–H and O–H groups in total. The van der Waals surface area contributed by atoms with Gasteiger partial charge in [-0.25, -0.2) is 9.97 Å². The lowest BCUT2D eigenvalue weighted by molar-refractivity contribution is 0.419. The van der Waals surface area contributed by atoms with Gasteiger partial charge in [0.15, 0.2) is 0 Å². The second-order valence-electron chi connectivity index (χ2n) is 4.01. The van der Waals surface area contributed by atoms with Gasteiger partial charge < -0.3 is 10.2 Å². The summed E-state index contributed by atoms with van der Waals surface area (Å²) in [5.74, 6) is 0.844. The van der Waals surface area contributed by atoms with Crippen LogP contribution < -0.4 is 10.2 Å². The lowest BCUT2D eigenvalue weighted by atomic mass is 10.1. The van der Waals surface area contributed by atoms with Crippen molar-refractivity contribution in [3.8, 4) is 0 Å². The van der Waals surface area contributed by atoms with Gasteiger partial charge in [0, 0.05) is 41.1 Å². The summed E-state index contributed by atoms with van der Waals surface area (Å²) in [7, 11) is 0. The Labute approximate surface area is 104 Å². The molecule has 5 heteroatoms. The van der Waals surface area contributed by atoms with Crippen LogP contribution in [-0.4, -0.2) is 35.1 Å². The molecule has 0 amide bonds.